The molecule has 0 amide bonds. The van der Waals surface area contributed by atoms with E-state index in [-0.39, 0.29) is 11.6 Å². The van der Waals surface area contributed by atoms with Crippen LogP contribution in [0.2, 0.25) is 0 Å². The second-order valence-electron chi connectivity index (χ2n) is 9.48. The fraction of sp³-hybridized carbons (Fsp3) is 0.222. The molecule has 1 aromatic carbocycles. The average Bonchev–Trinajstić information content (AvgIpc) is 3.58. The van der Waals surface area contributed by atoms with Crippen molar-refractivity contribution in [3.63, 3.8) is 0 Å². The van der Waals surface area contributed by atoms with E-state index in [4.69, 9.17) is 14.3 Å². The molecule has 0 atom stereocenters. The Morgan fingerprint density at radius 3 is 2.72 bits per heavy atom. The highest BCUT2D eigenvalue weighted by atomic mass is 31.2. The lowest BCUT2D eigenvalue weighted by Gasteiger charge is -2.32. The van der Waals surface area contributed by atoms with Gasteiger partial charge in [0.2, 0.25) is 5.78 Å². The van der Waals surface area contributed by atoms with Crippen molar-refractivity contribution in [1.82, 2.24) is 19.9 Å². The molecule has 39 heavy (non-hydrogen) atoms. The van der Waals surface area contributed by atoms with Crippen LogP contribution in [0.4, 0.5) is 5.82 Å². The summed E-state index contributed by atoms with van der Waals surface area (Å²) in [6.07, 6.45) is 8.76. The van der Waals surface area contributed by atoms with E-state index in [1.54, 1.807) is 30.5 Å². The molecule has 3 aromatic heterocycles. The number of nitrogens with one attached hydrogen (secondary N) is 1. The molecule has 196 valence electrons. The van der Waals surface area contributed by atoms with Crippen LogP contribution in [0, 0.1) is 11.3 Å². The number of H-pyrrole nitrogens is 1. The molecule has 12 heteroatoms. The number of nitriles is 1. The summed E-state index contributed by atoms with van der Waals surface area (Å²) < 4.78 is 15.9. The number of hydrogen-bond acceptors (Lipinski definition) is 8. The fourth-order valence-electron chi connectivity index (χ4n) is 5.08. The summed E-state index contributed by atoms with van der Waals surface area (Å²) in [7, 11) is -4.52. The number of carbonyl (C=O) groups is 1. The van der Waals surface area contributed by atoms with E-state index in [1.165, 1.54) is 0 Å². The van der Waals surface area contributed by atoms with E-state index in [9.17, 15) is 14.6 Å². The maximum Gasteiger partial charge on any atom is 0.469 e. The number of rotatable bonds is 6. The zero-order valence-electron chi connectivity index (χ0n) is 20.6. The second kappa shape index (κ2) is 9.84. The Labute approximate surface area is 223 Å². The SMILES string of the molecule is N#Cc1ccc(C(=O)c2nc3nc(N4CCC(OP(=O)(O)O)CC4)ccc3[nH]2)cc1-c1cncc2c1C=CC2. The zero-order chi connectivity index (χ0) is 27.1. The van der Waals surface area contributed by atoms with E-state index in [2.05, 4.69) is 26.0 Å². The number of carbonyl (C=O) groups excluding carboxylic acids is 1. The predicted octanol–water partition coefficient (Wildman–Crippen LogP) is 3.77. The minimum Gasteiger partial charge on any atom is -0.356 e. The highest BCUT2D eigenvalue weighted by Gasteiger charge is 2.27. The van der Waals surface area contributed by atoms with Crippen molar-refractivity contribution in [1.29, 1.82) is 5.26 Å². The first-order valence-electron chi connectivity index (χ1n) is 12.4. The number of fused-ring (bicyclic) bond motifs is 2. The molecule has 0 spiro atoms. The molecule has 0 radical (unpaired) electrons. The van der Waals surface area contributed by atoms with E-state index in [0.717, 1.165) is 23.1 Å². The standard InChI is InChI=1S/C27H23N6O5P/c28-13-17-5-4-16(12-21(17)22-15-29-14-18-2-1-3-20(18)22)25(34)27-30-23-6-7-24(31-26(23)32-27)33-10-8-19(9-11-33)38-39(35,36)37/h1,3-7,12,14-15,19H,2,8-11H2,(H,30,31,32)(H2,35,36,37). The lowest BCUT2D eigenvalue weighted by atomic mass is 9.93. The number of nitrogens with zero attached hydrogens (tertiary/aromatic N) is 5. The zero-order valence-corrected chi connectivity index (χ0v) is 21.5. The van der Waals surface area contributed by atoms with Gasteiger partial charge in [0.25, 0.3) is 0 Å². The fourth-order valence-corrected chi connectivity index (χ4v) is 5.68. The molecule has 6 rings (SSSR count). The Kier molecular flexibility index (Phi) is 6.33. The minimum absolute atomic E-state index is 0.135. The molecule has 11 nitrogen and oxygen atoms in total. The number of aromatic nitrogens is 4. The first-order chi connectivity index (χ1) is 18.8. The molecule has 3 N–H and O–H groups in total. The highest BCUT2D eigenvalue weighted by molar-refractivity contribution is 7.46. The normalized spacial score (nSPS) is 15.5. The van der Waals surface area contributed by atoms with Crippen molar-refractivity contribution >= 4 is 36.7 Å². The van der Waals surface area contributed by atoms with Crippen LogP contribution < -0.4 is 4.90 Å². The van der Waals surface area contributed by atoms with Gasteiger partial charge in [0.1, 0.15) is 5.82 Å². The summed E-state index contributed by atoms with van der Waals surface area (Å²) in [5, 5.41) is 9.72. The van der Waals surface area contributed by atoms with Crippen LogP contribution in [0.1, 0.15) is 45.7 Å². The number of piperidine rings is 1. The third-order valence-electron chi connectivity index (χ3n) is 6.98. The quantitative estimate of drug-likeness (QED) is 0.241. The first kappa shape index (κ1) is 25.1. The molecule has 4 heterocycles. The lowest BCUT2D eigenvalue weighted by Crippen LogP contribution is -2.37. The summed E-state index contributed by atoms with van der Waals surface area (Å²) in [6.45, 7) is 1.03. The van der Waals surface area contributed by atoms with Gasteiger partial charge in [-0.3, -0.25) is 14.3 Å². The summed E-state index contributed by atoms with van der Waals surface area (Å²) >= 11 is 0. The largest absolute Gasteiger partial charge is 0.469 e. The number of benzene rings is 1. The number of pyridine rings is 2. The molecule has 1 aliphatic carbocycles. The van der Waals surface area contributed by atoms with Gasteiger partial charge in [0, 0.05) is 42.2 Å². The van der Waals surface area contributed by atoms with Crippen molar-refractivity contribution in [2.45, 2.75) is 25.4 Å². The van der Waals surface area contributed by atoms with Gasteiger partial charge in [-0.25, -0.2) is 14.5 Å². The van der Waals surface area contributed by atoms with Gasteiger partial charge in [-0.05, 0) is 60.7 Å². The van der Waals surface area contributed by atoms with Crippen LogP contribution in [0.25, 0.3) is 28.4 Å². The number of hydrogen-bond donors (Lipinski definition) is 3. The van der Waals surface area contributed by atoms with Crippen molar-refractivity contribution in [3.05, 3.63) is 76.9 Å². The Morgan fingerprint density at radius 2 is 1.95 bits per heavy atom. The number of phosphoric acid groups is 1. The maximum absolute atomic E-state index is 13.4. The second-order valence-corrected chi connectivity index (χ2v) is 10.7. The minimum atomic E-state index is -4.52. The van der Waals surface area contributed by atoms with Crippen LogP contribution in [0.3, 0.4) is 0 Å². The molecular formula is C27H23N6O5P. The smallest absolute Gasteiger partial charge is 0.356 e. The predicted molar refractivity (Wildman–Crippen MR) is 143 cm³/mol. The Balaban J connectivity index is 1.26. The van der Waals surface area contributed by atoms with Gasteiger partial charge in [-0.2, -0.15) is 5.26 Å². The summed E-state index contributed by atoms with van der Waals surface area (Å²) in [5.41, 5.74) is 5.34. The molecule has 0 bridgehead atoms. The number of ketones is 1. The van der Waals surface area contributed by atoms with Crippen molar-refractivity contribution in [2.75, 3.05) is 18.0 Å². The molecule has 2 aliphatic rings. The van der Waals surface area contributed by atoms with E-state index in [0.29, 0.717) is 59.6 Å². The number of imidazole rings is 1. The number of allylic oxidation sites excluding steroid dienone is 1. The lowest BCUT2D eigenvalue weighted by molar-refractivity contribution is 0.102. The Hall–Kier alpha value is -4.20. The molecule has 1 aliphatic heterocycles. The summed E-state index contributed by atoms with van der Waals surface area (Å²) in [4.78, 5) is 50.0. The summed E-state index contributed by atoms with van der Waals surface area (Å²) in [6, 6.07) is 10.8. The van der Waals surface area contributed by atoms with Crippen molar-refractivity contribution < 1.29 is 23.7 Å². The molecule has 4 aromatic rings. The van der Waals surface area contributed by atoms with Crippen LogP contribution in [-0.2, 0) is 15.5 Å². The van der Waals surface area contributed by atoms with Crippen LogP contribution in [0.5, 0.6) is 0 Å². The van der Waals surface area contributed by atoms with Crippen LogP contribution in [-0.4, -0.2) is 54.7 Å². The molecule has 0 saturated carbocycles. The number of anilines is 1. The first-order valence-corrected chi connectivity index (χ1v) is 13.9. The van der Waals surface area contributed by atoms with Crippen molar-refractivity contribution in [2.24, 2.45) is 0 Å². The van der Waals surface area contributed by atoms with Gasteiger partial charge >= 0.3 is 7.82 Å². The topological polar surface area (TPSA) is 165 Å². The number of phosphoric ester groups is 1. The molecule has 0 unspecified atom stereocenters. The average molecular weight is 542 g/mol. The van der Waals surface area contributed by atoms with E-state index < -0.39 is 13.9 Å². The van der Waals surface area contributed by atoms with Crippen LogP contribution >= 0.6 is 7.82 Å². The monoisotopic (exact) mass is 542 g/mol. The van der Waals surface area contributed by atoms with Gasteiger partial charge < -0.3 is 19.7 Å². The number of aromatic amines is 1. The molecular weight excluding hydrogens is 519 g/mol. The van der Waals surface area contributed by atoms with E-state index in [1.807, 2.05) is 29.3 Å². The van der Waals surface area contributed by atoms with Gasteiger partial charge in [-0.1, -0.05) is 12.2 Å². The Morgan fingerprint density at radius 1 is 1.13 bits per heavy atom. The molecule has 1 saturated heterocycles. The maximum atomic E-state index is 13.4. The Bertz CT molecular complexity index is 1730. The third kappa shape index (κ3) is 4.99. The van der Waals surface area contributed by atoms with Gasteiger partial charge in [0.05, 0.1) is 23.3 Å². The third-order valence-corrected chi connectivity index (χ3v) is 7.56. The van der Waals surface area contributed by atoms with Crippen LogP contribution in [0.15, 0.2) is 48.8 Å². The molecule has 1 fully saturated rings. The van der Waals surface area contributed by atoms with Crippen molar-refractivity contribution in [3.8, 4) is 17.2 Å². The summed E-state index contributed by atoms with van der Waals surface area (Å²) in [5.74, 6) is 0.462. The van der Waals surface area contributed by atoms with Gasteiger partial charge in [-0.15, -0.1) is 0 Å². The van der Waals surface area contributed by atoms with Gasteiger partial charge in [0.15, 0.2) is 11.5 Å². The van der Waals surface area contributed by atoms with E-state index >= 15 is 0 Å². The highest BCUT2D eigenvalue weighted by Crippen LogP contribution is 2.40.